The van der Waals surface area contributed by atoms with Gasteiger partial charge >= 0.3 is 0 Å². The third-order valence-electron chi connectivity index (χ3n) is 3.06. The number of carbonyl (C=O) groups is 2. The molecule has 2 rings (SSSR count). The van der Waals surface area contributed by atoms with Gasteiger partial charge in [0.2, 0.25) is 11.8 Å². The van der Waals surface area contributed by atoms with Crippen molar-refractivity contribution < 1.29 is 9.59 Å². The summed E-state index contributed by atoms with van der Waals surface area (Å²) in [5.74, 6) is 0.141. The highest BCUT2D eigenvalue weighted by Gasteiger charge is 2.46. The molecule has 2 fully saturated rings. The Balaban J connectivity index is 0.000000461. The molecule has 0 spiro atoms. The lowest BCUT2D eigenvalue weighted by molar-refractivity contribution is -0.138. The summed E-state index contributed by atoms with van der Waals surface area (Å²) in [6, 6.07) is 0. The second kappa shape index (κ2) is 4.58. The van der Waals surface area contributed by atoms with Gasteiger partial charge in [0.05, 0.1) is 11.8 Å². The van der Waals surface area contributed by atoms with E-state index in [1.165, 1.54) is 4.90 Å². The molecule has 1 aliphatic heterocycles. The monoisotopic (exact) mass is 197 g/mol. The van der Waals surface area contributed by atoms with Crippen LogP contribution in [0.15, 0.2) is 0 Å². The Bertz CT molecular complexity index is 213. The minimum Gasteiger partial charge on any atom is -0.285 e. The topological polar surface area (TPSA) is 37.4 Å². The fourth-order valence-electron chi connectivity index (χ4n) is 2.33. The smallest absolute Gasteiger partial charge is 0.232 e. The fourth-order valence-corrected chi connectivity index (χ4v) is 2.33. The van der Waals surface area contributed by atoms with Crippen molar-refractivity contribution in [2.45, 2.75) is 39.5 Å². The predicted octanol–water partition coefficient (Wildman–Crippen LogP) is 1.82. The summed E-state index contributed by atoms with van der Waals surface area (Å²) in [6.45, 7) is 4.00. The molecule has 1 saturated heterocycles. The van der Waals surface area contributed by atoms with Crippen LogP contribution in [0.3, 0.4) is 0 Å². The summed E-state index contributed by atoms with van der Waals surface area (Å²) in [7, 11) is 1.60. The molecule has 1 saturated carbocycles. The molecule has 1 aliphatic carbocycles. The zero-order valence-electron chi connectivity index (χ0n) is 9.25. The maximum Gasteiger partial charge on any atom is 0.232 e. The van der Waals surface area contributed by atoms with E-state index in [-0.39, 0.29) is 23.7 Å². The summed E-state index contributed by atoms with van der Waals surface area (Å²) in [5, 5.41) is 0. The molecule has 2 atom stereocenters. The maximum absolute atomic E-state index is 11.5. The Morgan fingerprint density at radius 2 is 1.36 bits per heavy atom. The van der Waals surface area contributed by atoms with Gasteiger partial charge in [-0.05, 0) is 12.8 Å². The number of imide groups is 1. The summed E-state index contributed by atoms with van der Waals surface area (Å²) in [5.41, 5.74) is 0. The van der Waals surface area contributed by atoms with Crippen molar-refractivity contribution in [3.8, 4) is 0 Å². The average Bonchev–Trinajstić information content (AvgIpc) is 2.48. The molecule has 2 unspecified atom stereocenters. The number of nitrogens with zero attached hydrogens (tertiary/aromatic N) is 1. The predicted molar refractivity (Wildman–Crippen MR) is 54.6 cm³/mol. The normalized spacial score (nSPS) is 30.9. The molecule has 0 radical (unpaired) electrons. The molecule has 1 heterocycles. The zero-order valence-corrected chi connectivity index (χ0v) is 9.25. The van der Waals surface area contributed by atoms with Crippen LogP contribution in [0.2, 0.25) is 0 Å². The van der Waals surface area contributed by atoms with Gasteiger partial charge < -0.3 is 0 Å². The summed E-state index contributed by atoms with van der Waals surface area (Å²) >= 11 is 0. The zero-order chi connectivity index (χ0) is 10.7. The van der Waals surface area contributed by atoms with Crippen LogP contribution in [0.1, 0.15) is 39.5 Å². The van der Waals surface area contributed by atoms with Crippen LogP contribution in [-0.4, -0.2) is 23.8 Å². The quantitative estimate of drug-likeness (QED) is 0.555. The van der Waals surface area contributed by atoms with Crippen molar-refractivity contribution in [1.82, 2.24) is 4.90 Å². The largest absolute Gasteiger partial charge is 0.285 e. The Kier molecular flexibility index (Phi) is 3.67. The number of carbonyl (C=O) groups excluding carboxylic acids is 2. The molecule has 3 heteroatoms. The van der Waals surface area contributed by atoms with Crippen LogP contribution < -0.4 is 0 Å². The van der Waals surface area contributed by atoms with E-state index in [0.717, 1.165) is 25.7 Å². The first-order chi connectivity index (χ1) is 6.72. The van der Waals surface area contributed by atoms with Crippen LogP contribution in [0, 0.1) is 11.8 Å². The molecule has 0 aromatic carbocycles. The molecular weight excluding hydrogens is 178 g/mol. The van der Waals surface area contributed by atoms with E-state index in [4.69, 9.17) is 0 Å². The Morgan fingerprint density at radius 1 is 1.00 bits per heavy atom. The maximum atomic E-state index is 11.5. The van der Waals surface area contributed by atoms with E-state index in [9.17, 15) is 9.59 Å². The Labute approximate surface area is 85.5 Å². The first kappa shape index (κ1) is 11.2. The van der Waals surface area contributed by atoms with Crippen molar-refractivity contribution in [3.63, 3.8) is 0 Å². The Morgan fingerprint density at radius 3 is 1.71 bits per heavy atom. The molecule has 0 N–H and O–H groups in total. The number of hydrogen-bond donors (Lipinski definition) is 0. The summed E-state index contributed by atoms with van der Waals surface area (Å²) in [4.78, 5) is 24.2. The first-order valence-corrected chi connectivity index (χ1v) is 5.53. The van der Waals surface area contributed by atoms with Crippen molar-refractivity contribution in [3.05, 3.63) is 0 Å². The first-order valence-electron chi connectivity index (χ1n) is 5.53. The molecule has 0 bridgehead atoms. The molecule has 80 valence electrons. The van der Waals surface area contributed by atoms with Crippen molar-refractivity contribution >= 4 is 11.8 Å². The van der Waals surface area contributed by atoms with Crippen LogP contribution >= 0.6 is 0 Å². The van der Waals surface area contributed by atoms with Gasteiger partial charge in [-0.2, -0.15) is 0 Å². The van der Waals surface area contributed by atoms with Crippen molar-refractivity contribution in [2.24, 2.45) is 11.8 Å². The summed E-state index contributed by atoms with van der Waals surface area (Å²) in [6.07, 6.45) is 4.04. The molecule has 14 heavy (non-hydrogen) atoms. The SMILES string of the molecule is CC.CN1C(=O)C2CCCCC2C1=O. The van der Waals surface area contributed by atoms with Gasteiger partial charge in [-0.25, -0.2) is 0 Å². The average molecular weight is 197 g/mol. The second-order valence-electron chi connectivity index (χ2n) is 3.73. The highest BCUT2D eigenvalue weighted by Crippen LogP contribution is 2.37. The number of likely N-dealkylation sites (tertiary alicyclic amines) is 1. The standard InChI is InChI=1S/C9H13NO2.C2H6/c1-10-8(11)6-4-2-3-5-7(6)9(10)12;1-2/h6-7H,2-5H2,1H3;1-2H3. The molecule has 2 aliphatic rings. The third-order valence-corrected chi connectivity index (χ3v) is 3.06. The van der Waals surface area contributed by atoms with Gasteiger partial charge in [0.1, 0.15) is 0 Å². The Hall–Kier alpha value is -0.860. The number of hydrogen-bond acceptors (Lipinski definition) is 2. The lowest BCUT2D eigenvalue weighted by atomic mass is 9.81. The highest BCUT2D eigenvalue weighted by atomic mass is 16.2. The minimum atomic E-state index is 0.0243. The fraction of sp³-hybridized carbons (Fsp3) is 0.818. The third kappa shape index (κ3) is 1.68. The van der Waals surface area contributed by atoms with Gasteiger partial charge in [0.25, 0.3) is 0 Å². The van der Waals surface area contributed by atoms with E-state index in [0.29, 0.717) is 0 Å². The van der Waals surface area contributed by atoms with Crippen LogP contribution in [0.25, 0.3) is 0 Å². The number of rotatable bonds is 0. The second-order valence-corrected chi connectivity index (χ2v) is 3.73. The van der Waals surface area contributed by atoms with E-state index < -0.39 is 0 Å². The number of fused-ring (bicyclic) bond motifs is 1. The molecule has 0 aromatic heterocycles. The molecule has 0 aromatic rings. The molecule has 3 nitrogen and oxygen atoms in total. The van der Waals surface area contributed by atoms with Crippen molar-refractivity contribution in [1.29, 1.82) is 0 Å². The van der Waals surface area contributed by atoms with Gasteiger partial charge in [0.15, 0.2) is 0 Å². The van der Waals surface area contributed by atoms with Crippen LogP contribution in [0.4, 0.5) is 0 Å². The van der Waals surface area contributed by atoms with Crippen LogP contribution in [-0.2, 0) is 9.59 Å². The minimum absolute atomic E-state index is 0.0243. The molecule has 2 amide bonds. The van der Waals surface area contributed by atoms with E-state index in [1.807, 2.05) is 13.8 Å². The number of amides is 2. The van der Waals surface area contributed by atoms with Gasteiger partial charge in [-0.3, -0.25) is 14.5 Å². The van der Waals surface area contributed by atoms with Crippen LogP contribution in [0.5, 0.6) is 0 Å². The molecular formula is C11H19NO2. The van der Waals surface area contributed by atoms with Crippen molar-refractivity contribution in [2.75, 3.05) is 7.05 Å². The highest BCUT2D eigenvalue weighted by molar-refractivity contribution is 6.04. The van der Waals surface area contributed by atoms with E-state index in [2.05, 4.69) is 0 Å². The van der Waals surface area contributed by atoms with Gasteiger partial charge in [0, 0.05) is 7.05 Å². The lowest BCUT2D eigenvalue weighted by Gasteiger charge is -2.19. The van der Waals surface area contributed by atoms with Gasteiger partial charge in [-0.15, -0.1) is 0 Å². The van der Waals surface area contributed by atoms with E-state index in [1.54, 1.807) is 7.05 Å². The summed E-state index contributed by atoms with van der Waals surface area (Å²) < 4.78 is 0. The lowest BCUT2D eigenvalue weighted by Crippen LogP contribution is -2.25. The van der Waals surface area contributed by atoms with Gasteiger partial charge in [-0.1, -0.05) is 26.7 Å². The van der Waals surface area contributed by atoms with E-state index >= 15 is 0 Å².